The van der Waals surface area contributed by atoms with Crippen molar-refractivity contribution in [3.63, 3.8) is 0 Å². The van der Waals surface area contributed by atoms with Crippen molar-refractivity contribution in [3.8, 4) is 0 Å². The van der Waals surface area contributed by atoms with Crippen LogP contribution >= 0.6 is 0 Å². The Balaban J connectivity index is 1.71. The van der Waals surface area contributed by atoms with Gasteiger partial charge in [0, 0.05) is 38.9 Å². The standard InChI is InChI=1S/C16H25N3/c1-18-9-2-4-15-12-14(5-6-16(15)18)13-19-10-3-7-17-8-11-19/h5-6,12,17H,2-4,7-11,13H2,1H3. The molecule has 0 spiro atoms. The van der Waals surface area contributed by atoms with Gasteiger partial charge in [-0.1, -0.05) is 12.1 Å². The molecule has 3 nitrogen and oxygen atoms in total. The monoisotopic (exact) mass is 259 g/mol. The molecule has 1 aromatic rings. The summed E-state index contributed by atoms with van der Waals surface area (Å²) in [5.41, 5.74) is 4.46. The summed E-state index contributed by atoms with van der Waals surface area (Å²) in [5, 5.41) is 3.47. The van der Waals surface area contributed by atoms with E-state index in [-0.39, 0.29) is 0 Å². The first-order chi connectivity index (χ1) is 9.33. The van der Waals surface area contributed by atoms with E-state index in [9.17, 15) is 0 Å². The molecular weight excluding hydrogens is 234 g/mol. The number of rotatable bonds is 2. The highest BCUT2D eigenvalue weighted by Crippen LogP contribution is 2.27. The number of nitrogens with one attached hydrogen (secondary N) is 1. The lowest BCUT2D eigenvalue weighted by Gasteiger charge is -2.28. The second-order valence-corrected chi connectivity index (χ2v) is 5.87. The lowest BCUT2D eigenvalue weighted by molar-refractivity contribution is 0.284. The maximum atomic E-state index is 3.47. The van der Waals surface area contributed by atoms with E-state index in [1.165, 1.54) is 56.7 Å². The van der Waals surface area contributed by atoms with Gasteiger partial charge in [0.15, 0.2) is 0 Å². The van der Waals surface area contributed by atoms with Gasteiger partial charge in [0.25, 0.3) is 0 Å². The fraction of sp³-hybridized carbons (Fsp3) is 0.625. The lowest BCUT2D eigenvalue weighted by atomic mass is 9.99. The minimum absolute atomic E-state index is 1.11. The third kappa shape index (κ3) is 3.10. The normalized spacial score (nSPS) is 21.0. The van der Waals surface area contributed by atoms with Crippen LogP contribution in [0.2, 0.25) is 0 Å². The topological polar surface area (TPSA) is 18.5 Å². The van der Waals surface area contributed by atoms with Crippen LogP contribution in [0.4, 0.5) is 5.69 Å². The van der Waals surface area contributed by atoms with Crippen LogP contribution in [-0.2, 0) is 13.0 Å². The average molecular weight is 259 g/mol. The molecule has 0 atom stereocenters. The maximum absolute atomic E-state index is 3.47. The van der Waals surface area contributed by atoms with Crippen molar-refractivity contribution < 1.29 is 0 Å². The van der Waals surface area contributed by atoms with Gasteiger partial charge in [0.2, 0.25) is 0 Å². The third-order valence-corrected chi connectivity index (χ3v) is 4.33. The third-order valence-electron chi connectivity index (χ3n) is 4.33. The first kappa shape index (κ1) is 12.9. The number of benzene rings is 1. The fourth-order valence-electron chi connectivity index (χ4n) is 3.25. The predicted molar refractivity (Wildman–Crippen MR) is 80.8 cm³/mol. The molecule has 2 aliphatic rings. The summed E-state index contributed by atoms with van der Waals surface area (Å²) in [6, 6.07) is 7.07. The van der Waals surface area contributed by atoms with Gasteiger partial charge in [0.05, 0.1) is 0 Å². The number of anilines is 1. The molecule has 2 heterocycles. The summed E-state index contributed by atoms with van der Waals surface area (Å²) < 4.78 is 0. The maximum Gasteiger partial charge on any atom is 0.0396 e. The Bertz CT molecular complexity index is 422. The van der Waals surface area contributed by atoms with Gasteiger partial charge in [-0.15, -0.1) is 0 Å². The van der Waals surface area contributed by atoms with Crippen molar-refractivity contribution in [1.29, 1.82) is 0 Å². The van der Waals surface area contributed by atoms with Crippen molar-refractivity contribution in [2.24, 2.45) is 0 Å². The van der Waals surface area contributed by atoms with Crippen LogP contribution in [0.15, 0.2) is 18.2 Å². The molecule has 3 heteroatoms. The van der Waals surface area contributed by atoms with Crippen LogP contribution in [0.5, 0.6) is 0 Å². The van der Waals surface area contributed by atoms with E-state index in [0.717, 1.165) is 13.1 Å². The van der Waals surface area contributed by atoms with Crippen molar-refractivity contribution in [2.75, 3.05) is 44.7 Å². The molecule has 2 aliphatic heterocycles. The molecule has 0 radical (unpaired) electrons. The van der Waals surface area contributed by atoms with Crippen molar-refractivity contribution >= 4 is 5.69 Å². The molecular formula is C16H25N3. The second kappa shape index (κ2) is 5.93. The molecule has 0 amide bonds. The molecule has 19 heavy (non-hydrogen) atoms. The molecule has 1 N–H and O–H groups in total. The van der Waals surface area contributed by atoms with Gasteiger partial charge in [-0.2, -0.15) is 0 Å². The Morgan fingerprint density at radius 3 is 3.00 bits per heavy atom. The van der Waals surface area contributed by atoms with Gasteiger partial charge < -0.3 is 10.2 Å². The Hall–Kier alpha value is -1.06. The van der Waals surface area contributed by atoms with E-state index in [1.807, 2.05) is 0 Å². The minimum Gasteiger partial charge on any atom is -0.374 e. The first-order valence-electron chi connectivity index (χ1n) is 7.59. The minimum atomic E-state index is 1.11. The van der Waals surface area contributed by atoms with Crippen molar-refractivity contribution in [2.45, 2.75) is 25.8 Å². The zero-order valence-corrected chi connectivity index (χ0v) is 12.0. The van der Waals surface area contributed by atoms with Crippen molar-refractivity contribution in [1.82, 2.24) is 10.2 Å². The molecule has 0 saturated carbocycles. The van der Waals surface area contributed by atoms with Crippen LogP contribution in [0, 0.1) is 0 Å². The number of hydrogen-bond donors (Lipinski definition) is 1. The van der Waals surface area contributed by atoms with E-state index in [4.69, 9.17) is 0 Å². The fourth-order valence-corrected chi connectivity index (χ4v) is 3.25. The van der Waals surface area contributed by atoms with Gasteiger partial charge in [-0.3, -0.25) is 4.90 Å². The molecule has 1 saturated heterocycles. The Morgan fingerprint density at radius 2 is 2.05 bits per heavy atom. The zero-order valence-electron chi connectivity index (χ0n) is 12.0. The summed E-state index contributed by atoms with van der Waals surface area (Å²) in [5.74, 6) is 0. The Morgan fingerprint density at radius 1 is 1.11 bits per heavy atom. The summed E-state index contributed by atoms with van der Waals surface area (Å²) in [7, 11) is 2.21. The Kier molecular flexibility index (Phi) is 4.04. The molecule has 1 aromatic carbocycles. The molecule has 3 rings (SSSR count). The summed E-state index contributed by atoms with van der Waals surface area (Å²) >= 11 is 0. The summed E-state index contributed by atoms with van der Waals surface area (Å²) in [6.07, 6.45) is 3.81. The van der Waals surface area contributed by atoms with Gasteiger partial charge >= 0.3 is 0 Å². The molecule has 0 bridgehead atoms. The quantitative estimate of drug-likeness (QED) is 0.874. The predicted octanol–water partition coefficient (Wildman–Crippen LogP) is 1.86. The van der Waals surface area contributed by atoms with Gasteiger partial charge in [-0.25, -0.2) is 0 Å². The van der Waals surface area contributed by atoms with E-state index in [0.29, 0.717) is 0 Å². The Labute approximate surface area is 116 Å². The highest BCUT2D eigenvalue weighted by molar-refractivity contribution is 5.56. The number of fused-ring (bicyclic) bond motifs is 1. The highest BCUT2D eigenvalue weighted by atomic mass is 15.1. The summed E-state index contributed by atoms with van der Waals surface area (Å²) in [4.78, 5) is 4.97. The largest absolute Gasteiger partial charge is 0.374 e. The van der Waals surface area contributed by atoms with Crippen LogP contribution in [0.1, 0.15) is 24.0 Å². The van der Waals surface area contributed by atoms with Crippen LogP contribution < -0.4 is 10.2 Å². The van der Waals surface area contributed by atoms with Gasteiger partial charge in [0.1, 0.15) is 0 Å². The van der Waals surface area contributed by atoms with Crippen LogP contribution in [-0.4, -0.2) is 44.7 Å². The molecule has 0 unspecified atom stereocenters. The molecule has 1 fully saturated rings. The van der Waals surface area contributed by atoms with Gasteiger partial charge in [-0.05, 0) is 49.5 Å². The zero-order chi connectivity index (χ0) is 13.1. The van der Waals surface area contributed by atoms with Crippen molar-refractivity contribution in [3.05, 3.63) is 29.3 Å². The highest BCUT2D eigenvalue weighted by Gasteiger charge is 2.15. The second-order valence-electron chi connectivity index (χ2n) is 5.87. The number of hydrogen-bond acceptors (Lipinski definition) is 3. The average Bonchev–Trinajstić information content (AvgIpc) is 2.68. The van der Waals surface area contributed by atoms with Crippen LogP contribution in [0.3, 0.4) is 0 Å². The smallest absolute Gasteiger partial charge is 0.0396 e. The number of aryl methyl sites for hydroxylation is 1. The van der Waals surface area contributed by atoms with E-state index in [2.05, 4.69) is 40.4 Å². The van der Waals surface area contributed by atoms with Crippen LogP contribution in [0.25, 0.3) is 0 Å². The SMILES string of the molecule is CN1CCCc2cc(CN3CCCNCC3)ccc21. The summed E-state index contributed by atoms with van der Waals surface area (Å²) in [6.45, 7) is 7.02. The first-order valence-corrected chi connectivity index (χ1v) is 7.59. The molecule has 0 aromatic heterocycles. The van der Waals surface area contributed by atoms with E-state index < -0.39 is 0 Å². The number of nitrogens with zero attached hydrogens (tertiary/aromatic N) is 2. The van der Waals surface area contributed by atoms with E-state index in [1.54, 1.807) is 5.56 Å². The lowest BCUT2D eigenvalue weighted by Crippen LogP contribution is -2.28. The molecule has 0 aliphatic carbocycles. The van der Waals surface area contributed by atoms with E-state index >= 15 is 0 Å². The molecule has 104 valence electrons.